The quantitative estimate of drug-likeness (QED) is 0.782. The Balaban J connectivity index is 2.82. The standard InChI is InChI=1S/C12H14Cl3NO3/c1-2-18-4-3-10(12(16)17)19-11-8(14)5-7(13)6-9(11)15/h5-6,10H,2-4H2,1H3,(H2,16,17). The fourth-order valence-electron chi connectivity index (χ4n) is 1.38. The van der Waals surface area contributed by atoms with Crippen molar-refractivity contribution in [3.63, 3.8) is 0 Å². The summed E-state index contributed by atoms with van der Waals surface area (Å²) in [6.07, 6.45) is -0.541. The molecule has 0 heterocycles. The van der Waals surface area contributed by atoms with E-state index in [1.54, 1.807) is 0 Å². The van der Waals surface area contributed by atoms with Crippen LogP contribution in [0.25, 0.3) is 0 Å². The average molecular weight is 327 g/mol. The van der Waals surface area contributed by atoms with Crippen LogP contribution in [-0.2, 0) is 9.53 Å². The molecule has 1 aromatic carbocycles. The van der Waals surface area contributed by atoms with E-state index in [9.17, 15) is 4.79 Å². The molecule has 2 N–H and O–H groups in total. The van der Waals surface area contributed by atoms with Gasteiger partial charge in [0.15, 0.2) is 11.9 Å². The molecule has 1 rings (SSSR count). The van der Waals surface area contributed by atoms with Crippen LogP contribution in [0.4, 0.5) is 0 Å². The van der Waals surface area contributed by atoms with Crippen LogP contribution >= 0.6 is 34.8 Å². The van der Waals surface area contributed by atoms with Crippen LogP contribution in [0.2, 0.25) is 15.1 Å². The van der Waals surface area contributed by atoms with Gasteiger partial charge in [-0.1, -0.05) is 34.8 Å². The van der Waals surface area contributed by atoms with E-state index in [1.165, 1.54) is 12.1 Å². The summed E-state index contributed by atoms with van der Waals surface area (Å²) in [5.41, 5.74) is 5.27. The molecular formula is C12H14Cl3NO3. The number of carbonyl (C=O) groups excluding carboxylic acids is 1. The van der Waals surface area contributed by atoms with E-state index in [-0.39, 0.29) is 15.8 Å². The second-order valence-corrected chi connectivity index (χ2v) is 4.94. The van der Waals surface area contributed by atoms with E-state index in [0.29, 0.717) is 24.7 Å². The SMILES string of the molecule is CCOCCC(Oc1c(Cl)cc(Cl)cc1Cl)C(N)=O. The second kappa shape index (κ2) is 7.80. The molecular weight excluding hydrogens is 312 g/mol. The minimum atomic E-state index is -0.859. The third kappa shape index (κ3) is 5.07. The number of ether oxygens (including phenoxy) is 2. The Kier molecular flexibility index (Phi) is 6.72. The molecule has 1 aromatic rings. The van der Waals surface area contributed by atoms with Crippen LogP contribution in [-0.4, -0.2) is 25.2 Å². The number of hydrogen-bond donors (Lipinski definition) is 1. The zero-order valence-corrected chi connectivity index (χ0v) is 12.6. The molecule has 1 unspecified atom stereocenters. The number of rotatable bonds is 7. The average Bonchev–Trinajstić information content (AvgIpc) is 2.30. The Morgan fingerprint density at radius 1 is 1.32 bits per heavy atom. The van der Waals surface area contributed by atoms with Gasteiger partial charge in [-0.2, -0.15) is 0 Å². The van der Waals surface area contributed by atoms with Crippen molar-refractivity contribution >= 4 is 40.7 Å². The fraction of sp³-hybridized carbons (Fsp3) is 0.417. The molecule has 19 heavy (non-hydrogen) atoms. The van der Waals surface area contributed by atoms with Crippen LogP contribution in [0.3, 0.4) is 0 Å². The number of hydrogen-bond acceptors (Lipinski definition) is 3. The fourth-order valence-corrected chi connectivity index (χ4v) is 2.28. The number of primary amides is 1. The Hall–Kier alpha value is -0.680. The Morgan fingerprint density at radius 3 is 2.37 bits per heavy atom. The van der Waals surface area contributed by atoms with Crippen molar-refractivity contribution in [3.8, 4) is 5.75 Å². The molecule has 0 aromatic heterocycles. The Labute approximate surface area is 126 Å². The second-order valence-electron chi connectivity index (χ2n) is 3.69. The predicted molar refractivity (Wildman–Crippen MR) is 76.2 cm³/mol. The van der Waals surface area contributed by atoms with Crippen LogP contribution in [0, 0.1) is 0 Å². The molecule has 4 nitrogen and oxygen atoms in total. The van der Waals surface area contributed by atoms with Crippen LogP contribution in [0.5, 0.6) is 5.75 Å². The van der Waals surface area contributed by atoms with E-state index in [4.69, 9.17) is 50.0 Å². The van der Waals surface area contributed by atoms with E-state index >= 15 is 0 Å². The van der Waals surface area contributed by atoms with Gasteiger partial charge in [0, 0.05) is 18.1 Å². The van der Waals surface area contributed by atoms with Gasteiger partial charge in [-0.3, -0.25) is 4.79 Å². The lowest BCUT2D eigenvalue weighted by Gasteiger charge is -2.18. The van der Waals surface area contributed by atoms with Crippen molar-refractivity contribution < 1.29 is 14.3 Å². The van der Waals surface area contributed by atoms with Crippen LogP contribution in [0.1, 0.15) is 13.3 Å². The van der Waals surface area contributed by atoms with Gasteiger partial charge in [0.05, 0.1) is 16.7 Å². The number of amides is 1. The highest BCUT2D eigenvalue weighted by Gasteiger charge is 2.20. The van der Waals surface area contributed by atoms with Crippen molar-refractivity contribution in [2.24, 2.45) is 5.73 Å². The summed E-state index contributed by atoms with van der Waals surface area (Å²) in [5.74, 6) is -0.421. The van der Waals surface area contributed by atoms with Gasteiger partial charge in [0.1, 0.15) is 0 Å². The third-order valence-corrected chi connectivity index (χ3v) is 3.05. The normalized spacial score (nSPS) is 12.2. The molecule has 0 spiro atoms. The Bertz CT molecular complexity index is 431. The van der Waals surface area contributed by atoms with Crippen molar-refractivity contribution in [1.29, 1.82) is 0 Å². The minimum Gasteiger partial charge on any atom is -0.477 e. The lowest BCUT2D eigenvalue weighted by atomic mass is 10.2. The summed E-state index contributed by atoms with van der Waals surface area (Å²) in [4.78, 5) is 11.3. The highest BCUT2D eigenvalue weighted by atomic mass is 35.5. The molecule has 0 bridgehead atoms. The van der Waals surface area contributed by atoms with Gasteiger partial charge in [-0.15, -0.1) is 0 Å². The molecule has 7 heteroatoms. The summed E-state index contributed by atoms with van der Waals surface area (Å²) in [6, 6.07) is 2.95. The summed E-state index contributed by atoms with van der Waals surface area (Å²) in [5, 5.41) is 0.826. The first-order valence-corrected chi connectivity index (χ1v) is 6.77. The molecule has 0 aliphatic carbocycles. The first-order chi connectivity index (χ1) is 8.95. The number of carbonyl (C=O) groups is 1. The first-order valence-electron chi connectivity index (χ1n) is 5.64. The van der Waals surface area contributed by atoms with E-state index in [1.807, 2.05) is 6.92 Å². The van der Waals surface area contributed by atoms with Gasteiger partial charge in [0.2, 0.25) is 0 Å². The molecule has 0 radical (unpaired) electrons. The van der Waals surface area contributed by atoms with Crippen molar-refractivity contribution in [3.05, 3.63) is 27.2 Å². The zero-order valence-electron chi connectivity index (χ0n) is 10.3. The van der Waals surface area contributed by atoms with Crippen molar-refractivity contribution in [1.82, 2.24) is 0 Å². The van der Waals surface area contributed by atoms with Gasteiger partial charge < -0.3 is 15.2 Å². The largest absolute Gasteiger partial charge is 0.477 e. The monoisotopic (exact) mass is 325 g/mol. The maximum atomic E-state index is 11.3. The Morgan fingerprint density at radius 2 is 1.89 bits per heavy atom. The molecule has 1 atom stereocenters. The molecule has 1 amide bonds. The maximum absolute atomic E-state index is 11.3. The minimum absolute atomic E-state index is 0.188. The lowest BCUT2D eigenvalue weighted by molar-refractivity contribution is -0.125. The van der Waals surface area contributed by atoms with Crippen molar-refractivity contribution in [2.75, 3.05) is 13.2 Å². The van der Waals surface area contributed by atoms with Crippen molar-refractivity contribution in [2.45, 2.75) is 19.4 Å². The maximum Gasteiger partial charge on any atom is 0.258 e. The number of benzene rings is 1. The molecule has 0 fully saturated rings. The summed E-state index contributed by atoms with van der Waals surface area (Å²) in [6.45, 7) is 2.76. The summed E-state index contributed by atoms with van der Waals surface area (Å²) >= 11 is 17.7. The molecule has 0 aliphatic heterocycles. The van der Waals surface area contributed by atoms with E-state index in [2.05, 4.69) is 0 Å². The summed E-state index contributed by atoms with van der Waals surface area (Å²) in [7, 11) is 0. The molecule has 106 valence electrons. The first kappa shape index (κ1) is 16.4. The van der Waals surface area contributed by atoms with E-state index in [0.717, 1.165) is 0 Å². The molecule has 0 saturated carbocycles. The topological polar surface area (TPSA) is 61.6 Å². The van der Waals surface area contributed by atoms with E-state index < -0.39 is 12.0 Å². The molecule has 0 saturated heterocycles. The zero-order chi connectivity index (χ0) is 14.4. The lowest BCUT2D eigenvalue weighted by Crippen LogP contribution is -2.35. The number of nitrogens with two attached hydrogens (primary N) is 1. The summed E-state index contributed by atoms with van der Waals surface area (Å²) < 4.78 is 10.6. The highest BCUT2D eigenvalue weighted by Crippen LogP contribution is 2.36. The van der Waals surface area contributed by atoms with Gasteiger partial charge in [-0.05, 0) is 19.1 Å². The predicted octanol–water partition coefficient (Wildman–Crippen LogP) is 3.31. The number of halogens is 3. The highest BCUT2D eigenvalue weighted by molar-refractivity contribution is 6.40. The van der Waals surface area contributed by atoms with Gasteiger partial charge in [0.25, 0.3) is 5.91 Å². The van der Waals surface area contributed by atoms with Gasteiger partial charge in [-0.25, -0.2) is 0 Å². The molecule has 0 aliphatic rings. The van der Waals surface area contributed by atoms with Crippen LogP contribution in [0.15, 0.2) is 12.1 Å². The third-order valence-electron chi connectivity index (χ3n) is 2.27. The van der Waals surface area contributed by atoms with Gasteiger partial charge >= 0.3 is 0 Å². The van der Waals surface area contributed by atoms with Crippen LogP contribution < -0.4 is 10.5 Å². The smallest absolute Gasteiger partial charge is 0.258 e.